The normalized spacial score (nSPS) is 19.6. The van der Waals surface area contributed by atoms with Gasteiger partial charge in [0.2, 0.25) is 52.6 Å². The van der Waals surface area contributed by atoms with Gasteiger partial charge in [0.25, 0.3) is 11.8 Å². The molecule has 1 aliphatic carbocycles. The lowest BCUT2D eigenvalue weighted by Gasteiger charge is -2.29. The molecule has 4 aliphatic rings. The highest BCUT2D eigenvalue weighted by molar-refractivity contribution is 8.00. The summed E-state index contributed by atoms with van der Waals surface area (Å²) in [6, 6.07) is 14.5. The Morgan fingerprint density at radius 1 is 0.867 bits per heavy atom. The highest BCUT2D eigenvalue weighted by Gasteiger charge is 2.41. The van der Waals surface area contributed by atoms with E-state index in [-0.39, 0.29) is 67.8 Å². The zero-order valence-corrected chi connectivity index (χ0v) is 42.4. The molecule has 1 aromatic heterocycles. The monoisotopic (exact) mass is 1060 g/mol. The van der Waals surface area contributed by atoms with Crippen LogP contribution >= 0.6 is 11.8 Å². The second kappa shape index (κ2) is 24.3. The number of ether oxygens (including phenoxy) is 1. The van der Waals surface area contributed by atoms with Crippen LogP contribution in [-0.2, 0) is 38.7 Å². The first-order valence-electron chi connectivity index (χ1n) is 25.2. The third-order valence-corrected chi connectivity index (χ3v) is 15.1. The van der Waals surface area contributed by atoms with Gasteiger partial charge in [-0.2, -0.15) is 8.78 Å². The van der Waals surface area contributed by atoms with E-state index in [2.05, 4.69) is 30.6 Å². The number of benzene rings is 3. The Morgan fingerprint density at radius 2 is 1.55 bits per heavy atom. The van der Waals surface area contributed by atoms with Gasteiger partial charge in [0, 0.05) is 98.9 Å². The molecule has 2 unspecified atom stereocenters. The lowest BCUT2D eigenvalue weighted by atomic mass is 9.82. The lowest BCUT2D eigenvalue weighted by Crippen LogP contribution is -2.38. The quantitative estimate of drug-likeness (QED) is 0.0144. The van der Waals surface area contributed by atoms with Gasteiger partial charge >= 0.3 is 5.97 Å². The van der Waals surface area contributed by atoms with Crippen LogP contribution in [0.15, 0.2) is 60.3 Å². The van der Waals surface area contributed by atoms with Crippen LogP contribution in [0.4, 0.5) is 33.3 Å². The summed E-state index contributed by atoms with van der Waals surface area (Å²) < 4.78 is 73.3. The van der Waals surface area contributed by atoms with E-state index in [1.807, 2.05) is 49.1 Å². The number of halogens is 5. The fourth-order valence-corrected chi connectivity index (χ4v) is 11.0. The molecule has 3 aliphatic heterocycles. The summed E-state index contributed by atoms with van der Waals surface area (Å²) >= 11 is 1.26. The number of likely N-dealkylation sites (tertiary alicyclic amines) is 1. The molecule has 75 heavy (non-hydrogen) atoms. The Morgan fingerprint density at radius 3 is 2.24 bits per heavy atom. The first kappa shape index (κ1) is 54.5. The largest absolute Gasteiger partial charge is 0.420 e. The summed E-state index contributed by atoms with van der Waals surface area (Å²) in [7, 11) is 0. The first-order chi connectivity index (χ1) is 36.0. The van der Waals surface area contributed by atoms with Gasteiger partial charge in [0.05, 0.1) is 29.2 Å². The number of rotatable bonds is 18. The standard InChI is InChI=1S/C54H59F5N8O7S/c1-3-17-66(18-4-2)52(71)36-21-34-13-14-35(23-40(34)64-42(60)24-36)51(70)63-38-22-37-29-65(19-15-39(37)62-26-38)27-30-5-9-32(10-6-30)50(69)61-16-20-75-41-25-43(68)67(53(41)72)28-31-7-11-33(12-8-31)54(73)74-49-47(58)45(56)44(55)46(57)48(49)59/h5-6,9-10,13-14,21-23,26,31,33,41-42,64H,3-4,7-8,11-12,15-20,24-25,27-29,60H2,1-2H3,(H,61,69)(H,63,70). The Balaban J connectivity index is 0.757. The summed E-state index contributed by atoms with van der Waals surface area (Å²) in [6.45, 7) is 7.78. The minimum atomic E-state index is -2.36. The number of thioether (sulfide) groups is 1. The van der Waals surface area contributed by atoms with Gasteiger partial charge in [-0.3, -0.25) is 43.6 Å². The van der Waals surface area contributed by atoms with Crippen LogP contribution in [0.2, 0.25) is 0 Å². The third-order valence-electron chi connectivity index (χ3n) is 13.9. The highest BCUT2D eigenvalue weighted by atomic mass is 32.2. The summed E-state index contributed by atoms with van der Waals surface area (Å²) in [5.41, 5.74) is 12.9. The summed E-state index contributed by atoms with van der Waals surface area (Å²) in [5, 5.41) is 8.49. The van der Waals surface area contributed by atoms with Crippen LogP contribution in [0.1, 0.15) is 108 Å². The average molecular weight is 1060 g/mol. The topological polar surface area (TPSA) is 196 Å². The molecule has 3 aromatic carbocycles. The van der Waals surface area contributed by atoms with Crippen molar-refractivity contribution in [1.29, 1.82) is 0 Å². The Bertz CT molecular complexity index is 2850. The number of fused-ring (bicyclic) bond motifs is 2. The minimum absolute atomic E-state index is 0.00747. The molecule has 0 bridgehead atoms. The molecule has 4 aromatic rings. The van der Waals surface area contributed by atoms with E-state index in [1.54, 1.807) is 30.5 Å². The van der Waals surface area contributed by atoms with Crippen LogP contribution in [-0.4, -0.2) is 105 Å². The number of carbonyl (C=O) groups excluding carboxylic acids is 6. The number of hydrogen-bond acceptors (Lipinski definition) is 12. The minimum Gasteiger partial charge on any atom is -0.420 e. The van der Waals surface area contributed by atoms with E-state index < -0.39 is 58.1 Å². The maximum Gasteiger partial charge on any atom is 0.314 e. The van der Waals surface area contributed by atoms with Crippen molar-refractivity contribution in [2.24, 2.45) is 17.6 Å². The summed E-state index contributed by atoms with van der Waals surface area (Å²) in [5.74, 6) is -16.1. The van der Waals surface area contributed by atoms with E-state index >= 15 is 0 Å². The lowest BCUT2D eigenvalue weighted by molar-refractivity contribution is -0.143. The van der Waals surface area contributed by atoms with Crippen molar-refractivity contribution in [3.63, 3.8) is 0 Å². The van der Waals surface area contributed by atoms with Crippen molar-refractivity contribution in [2.75, 3.05) is 49.1 Å². The first-order valence-corrected chi connectivity index (χ1v) is 26.3. The molecular formula is C54H59F5N8O7S. The van der Waals surface area contributed by atoms with Crippen molar-refractivity contribution in [3.8, 4) is 5.75 Å². The van der Waals surface area contributed by atoms with Gasteiger partial charge in [-0.25, -0.2) is 13.2 Å². The fraction of sp³-hybridized carbons (Fsp3) is 0.426. The van der Waals surface area contributed by atoms with Gasteiger partial charge in [-0.1, -0.05) is 32.0 Å². The molecule has 2 fully saturated rings. The van der Waals surface area contributed by atoms with E-state index in [0.29, 0.717) is 79.3 Å². The van der Waals surface area contributed by atoms with E-state index in [4.69, 9.17) is 5.73 Å². The second-order valence-corrected chi connectivity index (χ2v) is 20.7. The molecular weight excluding hydrogens is 1000 g/mol. The number of amides is 5. The zero-order chi connectivity index (χ0) is 53.5. The Hall–Kier alpha value is -6.71. The predicted octanol–water partition coefficient (Wildman–Crippen LogP) is 7.72. The van der Waals surface area contributed by atoms with E-state index in [1.165, 1.54) is 16.7 Å². The molecule has 8 rings (SSSR count). The number of pyridine rings is 1. The fourth-order valence-electron chi connectivity index (χ4n) is 9.94. The maximum absolute atomic E-state index is 14.1. The van der Waals surface area contributed by atoms with Crippen molar-refractivity contribution < 1.29 is 55.5 Å². The number of imide groups is 1. The maximum atomic E-state index is 14.1. The molecule has 1 saturated heterocycles. The highest BCUT2D eigenvalue weighted by Crippen LogP contribution is 2.36. The second-order valence-electron chi connectivity index (χ2n) is 19.4. The number of hydrogen-bond donors (Lipinski definition) is 4. The summed E-state index contributed by atoms with van der Waals surface area (Å²) in [6.07, 6.45) is 6.81. The Kier molecular flexibility index (Phi) is 17.7. The van der Waals surface area contributed by atoms with Gasteiger partial charge in [-0.05, 0) is 97.5 Å². The number of esters is 1. The number of nitrogens with zero attached hydrogens (tertiary/aromatic N) is 4. The van der Waals surface area contributed by atoms with Crippen molar-refractivity contribution in [3.05, 3.63) is 123 Å². The van der Waals surface area contributed by atoms with Crippen molar-refractivity contribution in [2.45, 2.75) is 96.1 Å². The molecule has 5 N–H and O–H groups in total. The third kappa shape index (κ3) is 12.9. The van der Waals surface area contributed by atoms with Crippen LogP contribution < -0.4 is 26.4 Å². The molecule has 1 saturated carbocycles. The molecule has 2 atom stereocenters. The van der Waals surface area contributed by atoms with Crippen LogP contribution in [0, 0.1) is 40.9 Å². The van der Waals surface area contributed by atoms with Gasteiger partial charge in [0.15, 0.2) is 0 Å². The van der Waals surface area contributed by atoms with E-state index in [0.717, 1.165) is 48.2 Å². The molecule has 398 valence electrons. The average Bonchev–Trinajstić information content (AvgIpc) is 3.54. The van der Waals surface area contributed by atoms with Crippen LogP contribution in [0.5, 0.6) is 5.75 Å². The van der Waals surface area contributed by atoms with Crippen LogP contribution in [0.3, 0.4) is 0 Å². The number of nitrogens with one attached hydrogen (secondary N) is 3. The molecule has 0 radical (unpaired) electrons. The molecule has 21 heteroatoms. The van der Waals surface area contributed by atoms with E-state index in [9.17, 15) is 50.7 Å². The van der Waals surface area contributed by atoms with Gasteiger partial charge < -0.3 is 31.3 Å². The smallest absolute Gasteiger partial charge is 0.314 e. The Labute approximate surface area is 435 Å². The molecule has 5 amide bonds. The van der Waals surface area contributed by atoms with Gasteiger partial charge in [0.1, 0.15) is 0 Å². The number of carbonyl (C=O) groups is 6. The molecule has 4 heterocycles. The predicted molar refractivity (Wildman–Crippen MR) is 271 cm³/mol. The number of aromatic nitrogens is 1. The number of nitrogens with two attached hydrogens (primary N) is 1. The van der Waals surface area contributed by atoms with Crippen molar-refractivity contribution in [1.82, 2.24) is 25.0 Å². The summed E-state index contributed by atoms with van der Waals surface area (Å²) in [4.78, 5) is 88.7. The zero-order valence-electron chi connectivity index (χ0n) is 41.6. The SMILES string of the molecule is CCCN(CCC)C(=O)C1=Cc2ccc(C(=O)Nc3cnc4c(c3)CN(Cc3ccc(C(=O)NCCSC5CC(=O)N(CC6CCC(C(=O)Oc7c(F)c(F)c(F)c(F)c7F)CC6)C5=O)cc3)CC4)cc2NC(N)C1. The van der Waals surface area contributed by atoms with Crippen LogP contribution in [0.25, 0.3) is 6.08 Å². The van der Waals surface area contributed by atoms with Crippen molar-refractivity contribution >= 4 is 64.7 Å². The molecule has 15 nitrogen and oxygen atoms in total. The number of anilines is 2. The molecule has 0 spiro atoms. The van der Waals surface area contributed by atoms with Gasteiger partial charge in [-0.15, -0.1) is 11.8 Å².